The molecule has 0 radical (unpaired) electrons. The fraction of sp³-hybridized carbons (Fsp3) is 0.273. The second kappa shape index (κ2) is 5.29. The smallest absolute Gasteiger partial charge is 0.267 e. The van der Waals surface area contributed by atoms with Gasteiger partial charge in [-0.25, -0.2) is 13.4 Å². The fourth-order valence-electron chi connectivity index (χ4n) is 1.63. The number of aromatic nitrogens is 3. The third-order valence-electron chi connectivity index (χ3n) is 2.66. The first kappa shape index (κ1) is 14.6. The lowest BCUT2D eigenvalue weighted by Crippen LogP contribution is -2.15. The molecule has 20 heavy (non-hydrogen) atoms. The van der Waals surface area contributed by atoms with Crippen molar-refractivity contribution in [3.05, 3.63) is 29.2 Å². The summed E-state index contributed by atoms with van der Waals surface area (Å²) in [4.78, 5) is 3.92. The first-order valence-corrected chi connectivity index (χ1v) is 7.68. The molecule has 7 nitrogen and oxygen atoms in total. The summed E-state index contributed by atoms with van der Waals surface area (Å²) in [5.74, 6) is -0.0427. The van der Waals surface area contributed by atoms with E-state index in [2.05, 4.69) is 14.8 Å². The van der Waals surface area contributed by atoms with E-state index in [1.165, 1.54) is 16.9 Å². The van der Waals surface area contributed by atoms with Gasteiger partial charge in [-0.15, -0.1) is 0 Å². The highest BCUT2D eigenvalue weighted by molar-refractivity contribution is 7.92. The molecule has 0 atom stereocenters. The van der Waals surface area contributed by atoms with Crippen LogP contribution in [0.25, 0.3) is 0 Å². The summed E-state index contributed by atoms with van der Waals surface area (Å²) >= 11 is 5.73. The standard InChI is InChI=1S/C11H14ClN5O2S/c1-3-17-6-9(11(13)15-17)20(18,19)16-8-4-5-10(12)14-7(8)2/h4-6,16H,3H2,1-2H3,(H2,13,15). The zero-order valence-corrected chi connectivity index (χ0v) is 12.5. The summed E-state index contributed by atoms with van der Waals surface area (Å²) in [5, 5.41) is 4.21. The van der Waals surface area contributed by atoms with Crippen LogP contribution in [0, 0.1) is 6.92 Å². The second-order valence-corrected chi connectivity index (χ2v) is 6.14. The molecule has 0 unspecified atom stereocenters. The lowest BCUT2D eigenvalue weighted by molar-refractivity contribution is 0.600. The van der Waals surface area contributed by atoms with E-state index in [0.29, 0.717) is 23.1 Å². The molecule has 0 aliphatic rings. The van der Waals surface area contributed by atoms with Crippen molar-refractivity contribution in [3.63, 3.8) is 0 Å². The Morgan fingerprint density at radius 3 is 2.70 bits per heavy atom. The molecule has 0 amide bonds. The molecule has 0 saturated carbocycles. The summed E-state index contributed by atoms with van der Waals surface area (Å²) in [6.07, 6.45) is 1.39. The maximum Gasteiger partial charge on any atom is 0.267 e. The summed E-state index contributed by atoms with van der Waals surface area (Å²) in [6, 6.07) is 3.05. The quantitative estimate of drug-likeness (QED) is 0.835. The molecule has 2 aromatic rings. The zero-order valence-electron chi connectivity index (χ0n) is 11.0. The first-order chi connectivity index (χ1) is 9.33. The Hall–Kier alpha value is -1.80. The van der Waals surface area contributed by atoms with Crippen molar-refractivity contribution in [2.45, 2.75) is 25.3 Å². The van der Waals surface area contributed by atoms with Crippen LogP contribution in [0.2, 0.25) is 5.15 Å². The highest BCUT2D eigenvalue weighted by Gasteiger charge is 2.22. The molecule has 2 aromatic heterocycles. The summed E-state index contributed by atoms with van der Waals surface area (Å²) in [5.41, 5.74) is 6.45. The van der Waals surface area contributed by atoms with Crippen LogP contribution in [-0.2, 0) is 16.6 Å². The number of halogens is 1. The van der Waals surface area contributed by atoms with Crippen LogP contribution in [0.15, 0.2) is 23.2 Å². The highest BCUT2D eigenvalue weighted by atomic mass is 35.5. The van der Waals surface area contributed by atoms with Gasteiger partial charge in [-0.2, -0.15) is 5.10 Å². The molecule has 0 aromatic carbocycles. The van der Waals surface area contributed by atoms with Crippen LogP contribution in [0.3, 0.4) is 0 Å². The number of nitrogens with zero attached hydrogens (tertiary/aromatic N) is 3. The topological polar surface area (TPSA) is 103 Å². The van der Waals surface area contributed by atoms with Gasteiger partial charge in [-0.3, -0.25) is 9.40 Å². The van der Waals surface area contributed by atoms with E-state index in [0.717, 1.165) is 0 Å². The maximum atomic E-state index is 12.3. The van der Waals surface area contributed by atoms with E-state index in [9.17, 15) is 8.42 Å². The van der Waals surface area contributed by atoms with E-state index < -0.39 is 10.0 Å². The Morgan fingerprint density at radius 2 is 2.15 bits per heavy atom. The molecule has 3 N–H and O–H groups in total. The average Bonchev–Trinajstić information content (AvgIpc) is 2.75. The molecular weight excluding hydrogens is 302 g/mol. The number of hydrogen-bond donors (Lipinski definition) is 2. The van der Waals surface area contributed by atoms with Crippen LogP contribution in [0.1, 0.15) is 12.6 Å². The van der Waals surface area contributed by atoms with Crippen LogP contribution in [-0.4, -0.2) is 23.2 Å². The van der Waals surface area contributed by atoms with Crippen molar-refractivity contribution < 1.29 is 8.42 Å². The minimum absolute atomic E-state index is 0.0427. The van der Waals surface area contributed by atoms with Crippen LogP contribution in [0.4, 0.5) is 11.5 Å². The predicted octanol–water partition coefficient (Wildman–Crippen LogP) is 1.64. The number of hydrogen-bond acceptors (Lipinski definition) is 5. The van der Waals surface area contributed by atoms with Crippen LogP contribution >= 0.6 is 11.6 Å². The van der Waals surface area contributed by atoms with Gasteiger partial charge in [-0.1, -0.05) is 11.6 Å². The molecule has 108 valence electrons. The Morgan fingerprint density at radius 1 is 1.45 bits per heavy atom. The Balaban J connectivity index is 2.38. The van der Waals surface area contributed by atoms with Gasteiger partial charge in [0.15, 0.2) is 5.82 Å². The lowest BCUT2D eigenvalue weighted by atomic mass is 10.3. The number of aryl methyl sites for hydroxylation is 2. The number of sulfonamides is 1. The minimum Gasteiger partial charge on any atom is -0.381 e. The number of nitrogens with one attached hydrogen (secondary N) is 1. The fourth-order valence-corrected chi connectivity index (χ4v) is 3.01. The number of nitrogen functional groups attached to an aromatic ring is 1. The third kappa shape index (κ3) is 2.86. The van der Waals surface area contributed by atoms with Crippen molar-refractivity contribution in [2.75, 3.05) is 10.5 Å². The maximum absolute atomic E-state index is 12.3. The van der Waals surface area contributed by atoms with Gasteiger partial charge in [-0.05, 0) is 26.0 Å². The first-order valence-electron chi connectivity index (χ1n) is 5.82. The van der Waals surface area contributed by atoms with Crippen LogP contribution < -0.4 is 10.5 Å². The normalized spacial score (nSPS) is 11.6. The van der Waals surface area contributed by atoms with E-state index in [1.807, 2.05) is 6.92 Å². The van der Waals surface area contributed by atoms with Crippen molar-refractivity contribution in [1.82, 2.24) is 14.8 Å². The van der Waals surface area contributed by atoms with Gasteiger partial charge in [0.25, 0.3) is 10.0 Å². The number of pyridine rings is 1. The largest absolute Gasteiger partial charge is 0.381 e. The zero-order chi connectivity index (χ0) is 14.9. The second-order valence-electron chi connectivity index (χ2n) is 4.11. The van der Waals surface area contributed by atoms with Gasteiger partial charge >= 0.3 is 0 Å². The minimum atomic E-state index is -3.81. The predicted molar refractivity (Wildman–Crippen MR) is 77.1 cm³/mol. The molecule has 2 rings (SSSR count). The molecule has 0 fully saturated rings. The molecule has 0 aliphatic carbocycles. The SMILES string of the molecule is CCn1cc(S(=O)(=O)Nc2ccc(Cl)nc2C)c(N)n1. The Bertz CT molecular complexity index is 741. The molecule has 0 aliphatic heterocycles. The number of anilines is 2. The van der Waals surface area contributed by atoms with E-state index >= 15 is 0 Å². The monoisotopic (exact) mass is 315 g/mol. The van der Waals surface area contributed by atoms with Crippen molar-refractivity contribution >= 4 is 33.1 Å². The highest BCUT2D eigenvalue weighted by Crippen LogP contribution is 2.22. The van der Waals surface area contributed by atoms with Gasteiger partial charge in [0, 0.05) is 12.7 Å². The van der Waals surface area contributed by atoms with E-state index in [4.69, 9.17) is 17.3 Å². The van der Waals surface area contributed by atoms with Gasteiger partial charge in [0.1, 0.15) is 10.0 Å². The van der Waals surface area contributed by atoms with Gasteiger partial charge < -0.3 is 5.73 Å². The Kier molecular flexibility index (Phi) is 3.87. The van der Waals surface area contributed by atoms with Crippen molar-refractivity contribution in [1.29, 1.82) is 0 Å². The number of rotatable bonds is 4. The molecule has 2 heterocycles. The summed E-state index contributed by atoms with van der Waals surface area (Å²) < 4.78 is 28.4. The molecule has 0 spiro atoms. The lowest BCUT2D eigenvalue weighted by Gasteiger charge is -2.09. The van der Waals surface area contributed by atoms with Crippen molar-refractivity contribution in [2.24, 2.45) is 0 Å². The van der Waals surface area contributed by atoms with E-state index in [1.54, 1.807) is 13.0 Å². The number of nitrogens with two attached hydrogens (primary N) is 1. The molecular formula is C11H14ClN5O2S. The van der Waals surface area contributed by atoms with Crippen LogP contribution in [0.5, 0.6) is 0 Å². The third-order valence-corrected chi connectivity index (χ3v) is 4.26. The van der Waals surface area contributed by atoms with E-state index in [-0.39, 0.29) is 10.7 Å². The molecule has 0 saturated heterocycles. The molecule has 9 heteroatoms. The average molecular weight is 316 g/mol. The van der Waals surface area contributed by atoms with Gasteiger partial charge in [0.05, 0.1) is 11.4 Å². The van der Waals surface area contributed by atoms with Gasteiger partial charge in [0.2, 0.25) is 0 Å². The van der Waals surface area contributed by atoms with Crippen molar-refractivity contribution in [3.8, 4) is 0 Å². The summed E-state index contributed by atoms with van der Waals surface area (Å²) in [7, 11) is -3.81. The molecule has 0 bridgehead atoms. The summed E-state index contributed by atoms with van der Waals surface area (Å²) in [6.45, 7) is 4.02. The Labute approximate surface area is 121 Å².